The summed E-state index contributed by atoms with van der Waals surface area (Å²) >= 11 is 0. The molecule has 3 nitrogen and oxygen atoms in total. The zero-order chi connectivity index (χ0) is 15.2. The number of anilines is 1. The van der Waals surface area contributed by atoms with Crippen LogP contribution in [0.2, 0.25) is 0 Å². The largest absolute Gasteiger partial charge is 0.369 e. The Hall–Kier alpha value is -1.84. The average molecular weight is 295 g/mol. The van der Waals surface area contributed by atoms with E-state index in [-0.39, 0.29) is 0 Å². The predicted octanol–water partition coefficient (Wildman–Crippen LogP) is 2.51. The lowest BCUT2D eigenvalue weighted by Gasteiger charge is -2.37. The fourth-order valence-corrected chi connectivity index (χ4v) is 3.17. The van der Waals surface area contributed by atoms with E-state index in [1.807, 2.05) is 0 Å². The van der Waals surface area contributed by atoms with Crippen molar-refractivity contribution in [2.75, 3.05) is 37.6 Å². The van der Waals surface area contributed by atoms with Crippen molar-refractivity contribution in [1.82, 2.24) is 4.90 Å². The van der Waals surface area contributed by atoms with E-state index in [9.17, 15) is 0 Å². The fourth-order valence-electron chi connectivity index (χ4n) is 3.17. The Morgan fingerprint density at radius 3 is 2.23 bits per heavy atom. The normalized spacial score (nSPS) is 16.0. The van der Waals surface area contributed by atoms with E-state index in [0.717, 1.165) is 39.1 Å². The highest BCUT2D eigenvalue weighted by molar-refractivity contribution is 5.54. The molecule has 22 heavy (non-hydrogen) atoms. The maximum Gasteiger partial charge on any atom is 0.0400 e. The molecule has 1 aliphatic rings. The molecular weight excluding hydrogens is 270 g/mol. The number of nitrogens with zero attached hydrogens (tertiary/aromatic N) is 2. The SMILES string of the molecule is NCCc1ccccc1N1CCN(Cc2ccccc2)CC1. The molecule has 0 saturated carbocycles. The molecule has 0 radical (unpaired) electrons. The second-order valence-corrected chi connectivity index (χ2v) is 5.92. The molecule has 0 atom stereocenters. The molecule has 3 rings (SSSR count). The third kappa shape index (κ3) is 3.67. The van der Waals surface area contributed by atoms with Gasteiger partial charge in [0.15, 0.2) is 0 Å². The number of hydrogen-bond donors (Lipinski definition) is 1. The van der Waals surface area contributed by atoms with Gasteiger partial charge >= 0.3 is 0 Å². The molecule has 0 bridgehead atoms. The van der Waals surface area contributed by atoms with Crippen molar-refractivity contribution >= 4 is 5.69 Å². The van der Waals surface area contributed by atoms with E-state index in [4.69, 9.17) is 5.73 Å². The van der Waals surface area contributed by atoms with Gasteiger partial charge in [-0.25, -0.2) is 0 Å². The Labute approximate surface area is 133 Å². The van der Waals surface area contributed by atoms with Crippen LogP contribution in [0.1, 0.15) is 11.1 Å². The number of benzene rings is 2. The molecule has 0 amide bonds. The molecule has 0 aliphatic carbocycles. The second-order valence-electron chi connectivity index (χ2n) is 5.92. The van der Waals surface area contributed by atoms with Crippen molar-refractivity contribution in [3.8, 4) is 0 Å². The Morgan fingerprint density at radius 1 is 0.818 bits per heavy atom. The first kappa shape index (κ1) is 15.1. The summed E-state index contributed by atoms with van der Waals surface area (Å²) in [5.74, 6) is 0. The van der Waals surface area contributed by atoms with Crippen molar-refractivity contribution in [1.29, 1.82) is 0 Å². The number of para-hydroxylation sites is 1. The van der Waals surface area contributed by atoms with Gasteiger partial charge in [-0.2, -0.15) is 0 Å². The molecule has 0 aromatic heterocycles. The minimum Gasteiger partial charge on any atom is -0.369 e. The van der Waals surface area contributed by atoms with Crippen LogP contribution in [0.5, 0.6) is 0 Å². The molecule has 116 valence electrons. The second kappa shape index (κ2) is 7.43. The molecule has 2 aromatic rings. The smallest absolute Gasteiger partial charge is 0.0400 e. The van der Waals surface area contributed by atoms with Gasteiger partial charge in [-0.05, 0) is 30.2 Å². The summed E-state index contributed by atoms with van der Waals surface area (Å²) in [7, 11) is 0. The molecular formula is C19H25N3. The highest BCUT2D eigenvalue weighted by Crippen LogP contribution is 2.22. The molecule has 2 aromatic carbocycles. The zero-order valence-electron chi connectivity index (χ0n) is 13.1. The lowest BCUT2D eigenvalue weighted by molar-refractivity contribution is 0.250. The highest BCUT2D eigenvalue weighted by Gasteiger charge is 2.18. The van der Waals surface area contributed by atoms with Gasteiger partial charge in [-0.15, -0.1) is 0 Å². The van der Waals surface area contributed by atoms with Gasteiger partial charge in [-0.3, -0.25) is 4.90 Å². The predicted molar refractivity (Wildman–Crippen MR) is 93.1 cm³/mol. The molecule has 1 saturated heterocycles. The van der Waals surface area contributed by atoms with E-state index < -0.39 is 0 Å². The lowest BCUT2D eigenvalue weighted by atomic mass is 10.1. The standard InChI is InChI=1S/C19H25N3/c20-11-10-18-8-4-5-9-19(18)22-14-12-21(13-15-22)16-17-6-2-1-3-7-17/h1-9H,10-16,20H2. The van der Waals surface area contributed by atoms with Gasteiger partial charge in [0, 0.05) is 38.4 Å². The topological polar surface area (TPSA) is 32.5 Å². The summed E-state index contributed by atoms with van der Waals surface area (Å²) in [6.45, 7) is 6.19. The van der Waals surface area contributed by atoms with Crippen LogP contribution in [0.3, 0.4) is 0 Å². The van der Waals surface area contributed by atoms with Crippen LogP contribution in [-0.2, 0) is 13.0 Å². The first-order valence-corrected chi connectivity index (χ1v) is 8.16. The number of hydrogen-bond acceptors (Lipinski definition) is 3. The monoisotopic (exact) mass is 295 g/mol. The van der Waals surface area contributed by atoms with Gasteiger partial charge in [0.1, 0.15) is 0 Å². The summed E-state index contributed by atoms with van der Waals surface area (Å²) in [6.07, 6.45) is 0.959. The molecule has 2 N–H and O–H groups in total. The fraction of sp³-hybridized carbons (Fsp3) is 0.368. The summed E-state index contributed by atoms with van der Waals surface area (Å²) in [5.41, 5.74) is 9.89. The number of rotatable bonds is 5. The van der Waals surface area contributed by atoms with Gasteiger partial charge in [0.05, 0.1) is 0 Å². The van der Waals surface area contributed by atoms with Gasteiger partial charge < -0.3 is 10.6 Å². The maximum absolute atomic E-state index is 5.74. The number of piperazine rings is 1. The Morgan fingerprint density at radius 2 is 1.50 bits per heavy atom. The van der Waals surface area contributed by atoms with Crippen LogP contribution in [0.15, 0.2) is 54.6 Å². The lowest BCUT2D eigenvalue weighted by Crippen LogP contribution is -2.46. The van der Waals surface area contributed by atoms with Gasteiger partial charge in [0.2, 0.25) is 0 Å². The Balaban J connectivity index is 1.60. The summed E-state index contributed by atoms with van der Waals surface area (Å²) in [4.78, 5) is 5.05. The molecule has 3 heteroatoms. The van der Waals surface area contributed by atoms with E-state index >= 15 is 0 Å². The third-order valence-electron chi connectivity index (χ3n) is 4.37. The van der Waals surface area contributed by atoms with E-state index in [0.29, 0.717) is 6.54 Å². The molecule has 1 aliphatic heterocycles. The molecule has 1 heterocycles. The van der Waals surface area contributed by atoms with Crippen molar-refractivity contribution in [2.24, 2.45) is 5.73 Å². The van der Waals surface area contributed by atoms with Crippen LogP contribution >= 0.6 is 0 Å². The zero-order valence-corrected chi connectivity index (χ0v) is 13.1. The van der Waals surface area contributed by atoms with Crippen molar-refractivity contribution in [3.05, 3.63) is 65.7 Å². The average Bonchev–Trinajstić information content (AvgIpc) is 2.58. The van der Waals surface area contributed by atoms with Gasteiger partial charge in [0.25, 0.3) is 0 Å². The summed E-state index contributed by atoms with van der Waals surface area (Å²) in [5, 5.41) is 0. The van der Waals surface area contributed by atoms with Crippen molar-refractivity contribution in [2.45, 2.75) is 13.0 Å². The first-order chi connectivity index (χ1) is 10.9. The third-order valence-corrected chi connectivity index (χ3v) is 4.37. The van der Waals surface area contributed by atoms with Gasteiger partial charge in [-0.1, -0.05) is 48.5 Å². The minimum atomic E-state index is 0.713. The Kier molecular flexibility index (Phi) is 5.09. The quantitative estimate of drug-likeness (QED) is 0.920. The van der Waals surface area contributed by atoms with Crippen LogP contribution in [0.4, 0.5) is 5.69 Å². The molecule has 0 unspecified atom stereocenters. The number of nitrogens with two attached hydrogens (primary N) is 1. The van der Waals surface area contributed by atoms with E-state index in [1.165, 1.54) is 16.8 Å². The van der Waals surface area contributed by atoms with Crippen LogP contribution in [-0.4, -0.2) is 37.6 Å². The van der Waals surface area contributed by atoms with E-state index in [1.54, 1.807) is 0 Å². The van der Waals surface area contributed by atoms with Crippen LogP contribution in [0, 0.1) is 0 Å². The summed E-state index contributed by atoms with van der Waals surface area (Å²) < 4.78 is 0. The molecule has 0 spiro atoms. The van der Waals surface area contributed by atoms with Crippen LogP contribution < -0.4 is 10.6 Å². The Bertz CT molecular complexity index is 574. The maximum atomic E-state index is 5.74. The van der Waals surface area contributed by atoms with Crippen molar-refractivity contribution in [3.63, 3.8) is 0 Å². The molecule has 1 fully saturated rings. The minimum absolute atomic E-state index is 0.713. The van der Waals surface area contributed by atoms with Crippen molar-refractivity contribution < 1.29 is 0 Å². The van der Waals surface area contributed by atoms with E-state index in [2.05, 4.69) is 64.4 Å². The first-order valence-electron chi connectivity index (χ1n) is 8.16. The van der Waals surface area contributed by atoms with Crippen LogP contribution in [0.25, 0.3) is 0 Å². The summed E-state index contributed by atoms with van der Waals surface area (Å²) in [6, 6.07) is 19.4. The highest BCUT2D eigenvalue weighted by atomic mass is 15.3.